The number of isothiocyanates is 1. The molecule has 1 aromatic heterocycles. The molecule has 0 fully saturated rings. The second-order valence-electron chi connectivity index (χ2n) is 4.15. The van der Waals surface area contributed by atoms with Crippen molar-refractivity contribution in [3.8, 4) is 0 Å². The molecule has 0 aliphatic heterocycles. The first-order chi connectivity index (χ1) is 8.83. The fourth-order valence-corrected chi connectivity index (χ4v) is 2.46. The van der Waals surface area contributed by atoms with E-state index in [-0.39, 0.29) is 0 Å². The van der Waals surface area contributed by atoms with E-state index in [1.165, 1.54) is 0 Å². The van der Waals surface area contributed by atoms with Gasteiger partial charge in [0.15, 0.2) is 0 Å². The number of aromatic nitrogens is 1. The van der Waals surface area contributed by atoms with Crippen molar-refractivity contribution in [2.45, 2.75) is 0 Å². The van der Waals surface area contributed by atoms with Gasteiger partial charge in [-0.3, -0.25) is 0 Å². The lowest BCUT2D eigenvalue weighted by atomic mass is 10.1. The van der Waals surface area contributed by atoms with E-state index in [0.29, 0.717) is 0 Å². The minimum Gasteiger partial charge on any atom is -0.194 e. The molecule has 2 aromatic carbocycles. The molecule has 0 saturated carbocycles. The van der Waals surface area contributed by atoms with Crippen LogP contribution in [-0.2, 0) is 7.05 Å². The highest BCUT2D eigenvalue weighted by Gasteiger charge is 2.16. The molecular formula is C15H11N2S+. The van der Waals surface area contributed by atoms with E-state index in [1.807, 2.05) is 24.3 Å². The topological polar surface area (TPSA) is 16.2 Å². The lowest BCUT2D eigenvalue weighted by molar-refractivity contribution is -0.617. The van der Waals surface area contributed by atoms with Crippen molar-refractivity contribution in [2.24, 2.45) is 12.0 Å². The Bertz CT molecular complexity index is 745. The number of rotatable bonds is 1. The summed E-state index contributed by atoms with van der Waals surface area (Å²) in [6.07, 6.45) is 0. The van der Waals surface area contributed by atoms with Crippen molar-refractivity contribution in [1.29, 1.82) is 0 Å². The van der Waals surface area contributed by atoms with Crippen LogP contribution in [-0.4, -0.2) is 5.16 Å². The van der Waals surface area contributed by atoms with E-state index >= 15 is 0 Å². The van der Waals surface area contributed by atoms with Gasteiger partial charge in [-0.25, -0.2) is 0 Å². The van der Waals surface area contributed by atoms with Crippen LogP contribution >= 0.6 is 12.2 Å². The molecule has 0 bridgehead atoms. The van der Waals surface area contributed by atoms with Gasteiger partial charge in [-0.15, -0.1) is 0 Å². The molecular weight excluding hydrogens is 240 g/mol. The normalized spacial score (nSPS) is 10.5. The van der Waals surface area contributed by atoms with Crippen LogP contribution in [0.2, 0.25) is 0 Å². The molecule has 0 aliphatic carbocycles. The molecule has 0 atom stereocenters. The molecule has 2 nitrogen and oxygen atoms in total. The third-order valence-electron chi connectivity index (χ3n) is 3.20. The lowest BCUT2D eigenvalue weighted by Crippen LogP contribution is -2.29. The Labute approximate surface area is 110 Å². The molecule has 0 radical (unpaired) electrons. The number of pyridine rings is 1. The zero-order chi connectivity index (χ0) is 12.5. The quantitative estimate of drug-likeness (QED) is 0.279. The van der Waals surface area contributed by atoms with Crippen LogP contribution in [0.4, 0.5) is 5.69 Å². The van der Waals surface area contributed by atoms with E-state index in [0.717, 1.165) is 27.5 Å². The van der Waals surface area contributed by atoms with Crippen molar-refractivity contribution in [3.63, 3.8) is 0 Å². The minimum absolute atomic E-state index is 0.898. The Hall–Kier alpha value is -2.09. The van der Waals surface area contributed by atoms with E-state index in [4.69, 9.17) is 12.2 Å². The number of hydrogen-bond donors (Lipinski definition) is 0. The average Bonchev–Trinajstić information content (AvgIpc) is 2.43. The third kappa shape index (κ3) is 1.53. The predicted octanol–water partition coefficient (Wildman–Crippen LogP) is 3.55. The number of para-hydroxylation sites is 2. The van der Waals surface area contributed by atoms with Crippen LogP contribution in [0.3, 0.4) is 0 Å². The van der Waals surface area contributed by atoms with Gasteiger partial charge in [-0.1, -0.05) is 24.3 Å². The number of hydrogen-bond acceptors (Lipinski definition) is 2. The highest BCUT2D eigenvalue weighted by atomic mass is 32.1. The van der Waals surface area contributed by atoms with Gasteiger partial charge in [0.05, 0.1) is 15.9 Å². The molecule has 0 aliphatic rings. The maximum atomic E-state index is 4.77. The van der Waals surface area contributed by atoms with Crippen molar-refractivity contribution >= 4 is 44.9 Å². The summed E-state index contributed by atoms with van der Waals surface area (Å²) in [6.45, 7) is 0. The molecule has 3 aromatic rings. The van der Waals surface area contributed by atoms with Gasteiger partial charge in [0.25, 0.3) is 0 Å². The van der Waals surface area contributed by atoms with E-state index in [2.05, 4.69) is 46.0 Å². The highest BCUT2D eigenvalue weighted by molar-refractivity contribution is 7.78. The molecule has 0 saturated heterocycles. The van der Waals surface area contributed by atoms with Crippen molar-refractivity contribution in [3.05, 3.63) is 48.5 Å². The Morgan fingerprint density at radius 3 is 1.94 bits per heavy atom. The first kappa shape index (κ1) is 11.0. The summed E-state index contributed by atoms with van der Waals surface area (Å²) < 4.78 is 2.17. The number of thiocarbonyl (C=S) groups is 1. The van der Waals surface area contributed by atoms with Gasteiger partial charge >= 0.3 is 0 Å². The molecule has 3 heteroatoms. The van der Waals surface area contributed by atoms with Gasteiger partial charge in [0, 0.05) is 12.1 Å². The molecule has 0 spiro atoms. The van der Waals surface area contributed by atoms with Crippen LogP contribution in [0.15, 0.2) is 53.5 Å². The summed E-state index contributed by atoms with van der Waals surface area (Å²) in [6, 6.07) is 16.4. The Morgan fingerprint density at radius 2 is 1.44 bits per heavy atom. The van der Waals surface area contributed by atoms with Crippen LogP contribution < -0.4 is 4.57 Å². The molecule has 0 N–H and O–H groups in total. The van der Waals surface area contributed by atoms with Crippen molar-refractivity contribution in [1.82, 2.24) is 0 Å². The summed E-state index contributed by atoms with van der Waals surface area (Å²) in [5.41, 5.74) is 3.18. The maximum Gasteiger partial charge on any atom is 0.214 e. The summed E-state index contributed by atoms with van der Waals surface area (Å²) >= 11 is 4.77. The maximum absolute atomic E-state index is 4.77. The number of fused-ring (bicyclic) bond motifs is 2. The smallest absolute Gasteiger partial charge is 0.194 e. The SMILES string of the molecule is C[n+]1c2ccccc2c(N=C=S)c2ccccc21. The van der Waals surface area contributed by atoms with Crippen molar-refractivity contribution in [2.75, 3.05) is 0 Å². The van der Waals surface area contributed by atoms with E-state index < -0.39 is 0 Å². The molecule has 0 unspecified atom stereocenters. The van der Waals surface area contributed by atoms with Gasteiger partial charge in [0.2, 0.25) is 11.0 Å². The summed E-state index contributed by atoms with van der Waals surface area (Å²) in [5, 5.41) is 4.67. The van der Waals surface area contributed by atoms with Crippen LogP contribution in [0.1, 0.15) is 0 Å². The molecule has 86 valence electrons. The highest BCUT2D eigenvalue weighted by Crippen LogP contribution is 2.31. The largest absolute Gasteiger partial charge is 0.214 e. The summed E-state index contributed by atoms with van der Waals surface area (Å²) in [5.74, 6) is 0. The molecule has 18 heavy (non-hydrogen) atoms. The number of aryl methyl sites for hydroxylation is 1. The average molecular weight is 251 g/mol. The number of nitrogens with zero attached hydrogens (tertiary/aromatic N) is 2. The zero-order valence-corrected chi connectivity index (χ0v) is 10.7. The van der Waals surface area contributed by atoms with Gasteiger partial charge in [-0.2, -0.15) is 9.56 Å². The third-order valence-corrected chi connectivity index (χ3v) is 3.29. The fraction of sp³-hybridized carbons (Fsp3) is 0.0667. The molecule has 0 amide bonds. The number of aliphatic imine (C=N–C) groups is 1. The molecule has 1 heterocycles. The van der Waals surface area contributed by atoms with Gasteiger partial charge in [-0.05, 0) is 24.4 Å². The first-order valence-electron chi connectivity index (χ1n) is 5.70. The van der Waals surface area contributed by atoms with E-state index in [1.54, 1.807) is 0 Å². The van der Waals surface area contributed by atoms with Gasteiger partial charge < -0.3 is 0 Å². The Kier molecular flexibility index (Phi) is 2.63. The first-order valence-corrected chi connectivity index (χ1v) is 6.11. The standard InChI is InChI=1S/C15H11N2S/c1-17-13-8-4-2-6-11(13)15(16-10-18)12-7-3-5-9-14(12)17/h2-9H,1H3/q+1. The predicted molar refractivity (Wildman–Crippen MR) is 77.3 cm³/mol. The minimum atomic E-state index is 0.898. The van der Waals surface area contributed by atoms with Crippen LogP contribution in [0.5, 0.6) is 0 Å². The van der Waals surface area contributed by atoms with Crippen LogP contribution in [0, 0.1) is 0 Å². The monoisotopic (exact) mass is 251 g/mol. The van der Waals surface area contributed by atoms with E-state index in [9.17, 15) is 0 Å². The lowest BCUT2D eigenvalue weighted by Gasteiger charge is -2.05. The summed E-state index contributed by atoms with van der Waals surface area (Å²) in [7, 11) is 2.07. The van der Waals surface area contributed by atoms with Crippen molar-refractivity contribution < 1.29 is 4.57 Å². The number of benzene rings is 2. The second kappa shape index (κ2) is 4.30. The second-order valence-corrected chi connectivity index (χ2v) is 4.33. The van der Waals surface area contributed by atoms with Crippen LogP contribution in [0.25, 0.3) is 21.8 Å². The zero-order valence-electron chi connectivity index (χ0n) is 9.92. The fourth-order valence-electron chi connectivity index (χ4n) is 2.37. The Morgan fingerprint density at radius 1 is 0.944 bits per heavy atom. The Balaban J connectivity index is 2.67. The molecule has 3 rings (SSSR count). The summed E-state index contributed by atoms with van der Waals surface area (Å²) in [4.78, 5) is 4.26. The van der Waals surface area contributed by atoms with Gasteiger partial charge in [0.1, 0.15) is 12.7 Å².